The fourth-order valence-electron chi connectivity index (χ4n) is 2.74. The lowest BCUT2D eigenvalue weighted by molar-refractivity contribution is 0.0149. The van der Waals surface area contributed by atoms with Gasteiger partial charge in [0.05, 0.1) is 40.0 Å². The van der Waals surface area contributed by atoms with E-state index in [1.54, 1.807) is 0 Å². The fourth-order valence-corrected chi connectivity index (χ4v) is 2.74. The van der Waals surface area contributed by atoms with Crippen molar-refractivity contribution in [3.63, 3.8) is 0 Å². The average molecular weight is 258 g/mol. The predicted molar refractivity (Wildman–Crippen MR) is 75.8 cm³/mol. The first-order valence-electron chi connectivity index (χ1n) is 6.48. The van der Waals surface area contributed by atoms with E-state index in [9.17, 15) is 0 Å². The molecule has 6 heteroatoms. The Labute approximate surface area is 112 Å². The molecule has 0 bridgehead atoms. The summed E-state index contributed by atoms with van der Waals surface area (Å²) in [6.45, 7) is 6.53. The van der Waals surface area contributed by atoms with Crippen LogP contribution in [0, 0.1) is 0 Å². The second kappa shape index (κ2) is 7.37. The Hall–Kier alpha value is -0.240. The van der Waals surface area contributed by atoms with Crippen molar-refractivity contribution in [3.05, 3.63) is 0 Å². The smallest absolute Gasteiger partial charge is 0.0523 e. The largest absolute Gasteiger partial charge is 0.280 e. The molecule has 0 N–H and O–H groups in total. The highest BCUT2D eigenvalue weighted by Crippen LogP contribution is 1.99. The van der Waals surface area contributed by atoms with Crippen LogP contribution in [0.1, 0.15) is 0 Å². The molecule has 0 saturated carbocycles. The van der Waals surface area contributed by atoms with Crippen LogP contribution in [-0.4, -0.2) is 112 Å². The van der Waals surface area contributed by atoms with Gasteiger partial charge in [-0.05, 0) is 42.3 Å². The number of nitrogens with zero attached hydrogens (tertiary/aromatic N) is 6. The van der Waals surface area contributed by atoms with E-state index < -0.39 is 0 Å². The summed E-state index contributed by atoms with van der Waals surface area (Å²) < 4.78 is 0. The van der Waals surface area contributed by atoms with Crippen molar-refractivity contribution >= 4 is 0 Å². The molecule has 0 aliphatic carbocycles. The van der Waals surface area contributed by atoms with Crippen LogP contribution in [0.2, 0.25) is 0 Å². The molecule has 2 rings (SSSR count). The predicted octanol–water partition coefficient (Wildman–Crippen LogP) is -0.664. The van der Waals surface area contributed by atoms with Crippen molar-refractivity contribution in [2.24, 2.45) is 0 Å². The number of hydrogen-bond donors (Lipinski definition) is 0. The molecule has 0 unspecified atom stereocenters. The Balaban J connectivity index is 0.000000180. The first kappa shape index (κ1) is 15.8. The summed E-state index contributed by atoms with van der Waals surface area (Å²) in [4.78, 5) is 13.7. The lowest BCUT2D eigenvalue weighted by Crippen LogP contribution is -2.50. The SMILES string of the molecule is CN1CN(C)CN(C)C1.CN1CN(C)CN(C)C1. The van der Waals surface area contributed by atoms with Gasteiger partial charge in [0.25, 0.3) is 0 Å². The second-order valence-electron chi connectivity index (χ2n) is 5.98. The molecule has 2 fully saturated rings. The summed E-state index contributed by atoms with van der Waals surface area (Å²) in [7, 11) is 12.8. The van der Waals surface area contributed by atoms with Crippen molar-refractivity contribution in [2.75, 3.05) is 82.3 Å². The molecule has 0 radical (unpaired) electrons. The third-order valence-corrected chi connectivity index (χ3v) is 2.90. The van der Waals surface area contributed by atoms with Gasteiger partial charge in [-0.2, -0.15) is 0 Å². The van der Waals surface area contributed by atoms with Crippen LogP contribution in [0.3, 0.4) is 0 Å². The van der Waals surface area contributed by atoms with E-state index in [-0.39, 0.29) is 0 Å². The Bertz CT molecular complexity index is 163. The van der Waals surface area contributed by atoms with Gasteiger partial charge in [-0.15, -0.1) is 0 Å². The van der Waals surface area contributed by atoms with Crippen LogP contribution in [0.15, 0.2) is 0 Å². The summed E-state index contributed by atoms with van der Waals surface area (Å²) in [6.07, 6.45) is 0. The van der Waals surface area contributed by atoms with Gasteiger partial charge >= 0.3 is 0 Å². The zero-order chi connectivity index (χ0) is 13.7. The highest BCUT2D eigenvalue weighted by molar-refractivity contribution is 4.59. The summed E-state index contributed by atoms with van der Waals surface area (Å²) in [5.74, 6) is 0. The van der Waals surface area contributed by atoms with E-state index in [2.05, 4.69) is 71.7 Å². The molecule has 0 aromatic rings. The highest BCUT2D eigenvalue weighted by Gasteiger charge is 2.13. The first-order valence-corrected chi connectivity index (χ1v) is 6.48. The molecule has 2 aliphatic rings. The maximum atomic E-state index is 2.28. The minimum Gasteiger partial charge on any atom is -0.280 e. The van der Waals surface area contributed by atoms with E-state index in [0.29, 0.717) is 0 Å². The van der Waals surface area contributed by atoms with Crippen molar-refractivity contribution in [1.82, 2.24) is 29.4 Å². The van der Waals surface area contributed by atoms with Gasteiger partial charge < -0.3 is 0 Å². The standard InChI is InChI=1S/2C6H15N3/c2*1-7-4-8(2)6-9(3)5-7/h2*4-6H2,1-3H3. The van der Waals surface area contributed by atoms with Gasteiger partial charge in [-0.1, -0.05) is 0 Å². The molecular weight excluding hydrogens is 228 g/mol. The highest BCUT2D eigenvalue weighted by atomic mass is 15.5. The molecule has 0 amide bonds. The third-order valence-electron chi connectivity index (χ3n) is 2.90. The monoisotopic (exact) mass is 258 g/mol. The first-order chi connectivity index (χ1) is 8.36. The van der Waals surface area contributed by atoms with Crippen molar-refractivity contribution < 1.29 is 0 Å². The summed E-state index contributed by atoms with van der Waals surface area (Å²) >= 11 is 0. The molecule has 0 aromatic carbocycles. The quantitative estimate of drug-likeness (QED) is 0.570. The van der Waals surface area contributed by atoms with Gasteiger partial charge in [0.15, 0.2) is 0 Å². The van der Waals surface area contributed by atoms with Gasteiger partial charge in [0.1, 0.15) is 0 Å². The minimum atomic E-state index is 1.09. The maximum absolute atomic E-state index is 2.28. The Kier molecular flexibility index (Phi) is 6.48. The van der Waals surface area contributed by atoms with Crippen LogP contribution in [0.5, 0.6) is 0 Å². The molecule has 0 aromatic heterocycles. The molecule has 18 heavy (non-hydrogen) atoms. The van der Waals surface area contributed by atoms with Crippen molar-refractivity contribution in [2.45, 2.75) is 0 Å². The fraction of sp³-hybridized carbons (Fsp3) is 1.00. The molecule has 2 aliphatic heterocycles. The van der Waals surface area contributed by atoms with Crippen LogP contribution >= 0.6 is 0 Å². The molecule has 108 valence electrons. The van der Waals surface area contributed by atoms with Gasteiger partial charge in [0.2, 0.25) is 0 Å². The lowest BCUT2D eigenvalue weighted by atomic mass is 10.6. The second-order valence-corrected chi connectivity index (χ2v) is 5.98. The van der Waals surface area contributed by atoms with Crippen LogP contribution in [0.4, 0.5) is 0 Å². The van der Waals surface area contributed by atoms with Crippen LogP contribution in [0.25, 0.3) is 0 Å². The van der Waals surface area contributed by atoms with E-state index in [1.165, 1.54) is 0 Å². The molecular formula is C12H30N6. The number of hydrogen-bond acceptors (Lipinski definition) is 6. The van der Waals surface area contributed by atoms with Gasteiger partial charge in [-0.3, -0.25) is 29.4 Å². The topological polar surface area (TPSA) is 19.4 Å². The van der Waals surface area contributed by atoms with E-state index in [1.807, 2.05) is 0 Å². The summed E-state index contributed by atoms with van der Waals surface area (Å²) in [5.41, 5.74) is 0. The summed E-state index contributed by atoms with van der Waals surface area (Å²) in [6, 6.07) is 0. The molecule has 0 spiro atoms. The molecule has 0 atom stereocenters. The molecule has 2 heterocycles. The van der Waals surface area contributed by atoms with Gasteiger partial charge in [0, 0.05) is 0 Å². The average Bonchev–Trinajstić information content (AvgIpc) is 2.12. The van der Waals surface area contributed by atoms with Crippen molar-refractivity contribution in [1.29, 1.82) is 0 Å². The van der Waals surface area contributed by atoms with Crippen LogP contribution in [-0.2, 0) is 0 Å². The van der Waals surface area contributed by atoms with E-state index in [0.717, 1.165) is 40.0 Å². The minimum absolute atomic E-state index is 1.09. The van der Waals surface area contributed by atoms with E-state index >= 15 is 0 Å². The van der Waals surface area contributed by atoms with Crippen LogP contribution < -0.4 is 0 Å². The normalized spacial score (nSPS) is 27.0. The summed E-state index contributed by atoms with van der Waals surface area (Å²) in [5, 5.41) is 0. The van der Waals surface area contributed by atoms with Gasteiger partial charge in [-0.25, -0.2) is 0 Å². The Morgan fingerprint density at radius 3 is 0.556 bits per heavy atom. The zero-order valence-electron chi connectivity index (χ0n) is 12.9. The van der Waals surface area contributed by atoms with Crippen molar-refractivity contribution in [3.8, 4) is 0 Å². The zero-order valence-corrected chi connectivity index (χ0v) is 12.9. The molecule has 6 nitrogen and oxygen atoms in total. The van der Waals surface area contributed by atoms with E-state index in [4.69, 9.17) is 0 Å². The number of rotatable bonds is 0. The maximum Gasteiger partial charge on any atom is 0.0523 e. The molecule has 2 saturated heterocycles. The Morgan fingerprint density at radius 1 is 0.333 bits per heavy atom. The third kappa shape index (κ3) is 6.08. The Morgan fingerprint density at radius 2 is 0.444 bits per heavy atom. The lowest BCUT2D eigenvalue weighted by Gasteiger charge is -2.36.